The van der Waals surface area contributed by atoms with Crippen molar-refractivity contribution in [1.29, 1.82) is 5.26 Å². The van der Waals surface area contributed by atoms with E-state index >= 15 is 0 Å². The molecule has 0 radical (unpaired) electrons. The first-order valence-corrected chi connectivity index (χ1v) is 9.38. The van der Waals surface area contributed by atoms with Gasteiger partial charge in [0.2, 0.25) is 5.95 Å². The summed E-state index contributed by atoms with van der Waals surface area (Å²) in [7, 11) is 2.09. The zero-order valence-electron chi connectivity index (χ0n) is 15.7. The second-order valence-corrected chi connectivity index (χ2v) is 7.10. The van der Waals surface area contributed by atoms with Crippen LogP contribution in [0, 0.1) is 11.3 Å². The molecular weight excluding hydrogens is 352 g/mol. The molecule has 1 fully saturated rings. The topological polar surface area (TPSA) is 88.0 Å². The van der Waals surface area contributed by atoms with Crippen LogP contribution < -0.4 is 10.2 Å². The van der Waals surface area contributed by atoms with Crippen LogP contribution in [0.15, 0.2) is 48.5 Å². The lowest BCUT2D eigenvalue weighted by Gasteiger charge is -2.37. The molecule has 2 aromatic carbocycles. The third-order valence-corrected chi connectivity index (χ3v) is 5.16. The van der Waals surface area contributed by atoms with E-state index in [1.807, 2.05) is 36.4 Å². The number of aromatic amines is 1. The van der Waals surface area contributed by atoms with Crippen LogP contribution in [0.2, 0.25) is 0 Å². The highest BCUT2D eigenvalue weighted by molar-refractivity contribution is 6.02. The van der Waals surface area contributed by atoms with Gasteiger partial charge in [0.1, 0.15) is 0 Å². The number of piperidine rings is 1. The number of likely N-dealkylation sites (tertiary alicyclic amines) is 1. The average molecular weight is 374 g/mol. The maximum absolute atomic E-state index is 13.2. The summed E-state index contributed by atoms with van der Waals surface area (Å²) in [6, 6.07) is 16.8. The van der Waals surface area contributed by atoms with Crippen molar-refractivity contribution < 1.29 is 4.79 Å². The van der Waals surface area contributed by atoms with Gasteiger partial charge < -0.3 is 9.88 Å². The molecule has 142 valence electrons. The summed E-state index contributed by atoms with van der Waals surface area (Å²) in [4.78, 5) is 24.9. The van der Waals surface area contributed by atoms with E-state index in [0.717, 1.165) is 42.7 Å². The molecule has 7 heteroatoms. The molecule has 2 amide bonds. The SMILES string of the molecule is CN1CCC(N(C(=O)Nc2nc3ccccc3[nH]2)c2ccc(C#N)cc2)CC1. The normalized spacial score (nSPS) is 15.3. The number of para-hydroxylation sites is 2. The number of aromatic nitrogens is 2. The molecule has 0 spiro atoms. The van der Waals surface area contributed by atoms with Crippen LogP contribution in [0.5, 0.6) is 0 Å². The Hall–Kier alpha value is -3.37. The zero-order chi connectivity index (χ0) is 19.5. The van der Waals surface area contributed by atoms with E-state index in [-0.39, 0.29) is 12.1 Å². The Labute approximate surface area is 163 Å². The van der Waals surface area contributed by atoms with Crippen LogP contribution in [-0.2, 0) is 0 Å². The van der Waals surface area contributed by atoms with E-state index in [0.29, 0.717) is 11.5 Å². The first-order valence-electron chi connectivity index (χ1n) is 9.38. The Morgan fingerprint density at radius 3 is 2.61 bits per heavy atom. The predicted octanol–water partition coefficient (Wildman–Crippen LogP) is 3.57. The molecule has 7 nitrogen and oxygen atoms in total. The van der Waals surface area contributed by atoms with Crippen molar-refractivity contribution in [1.82, 2.24) is 14.9 Å². The van der Waals surface area contributed by atoms with Crippen LogP contribution in [0.3, 0.4) is 0 Å². The maximum Gasteiger partial charge on any atom is 0.328 e. The molecule has 0 aliphatic carbocycles. The molecule has 0 atom stereocenters. The second kappa shape index (κ2) is 7.71. The Morgan fingerprint density at radius 1 is 1.21 bits per heavy atom. The van der Waals surface area contributed by atoms with E-state index in [2.05, 4.69) is 33.3 Å². The minimum atomic E-state index is -0.224. The quantitative estimate of drug-likeness (QED) is 0.734. The molecule has 0 unspecified atom stereocenters. The minimum absolute atomic E-state index is 0.0912. The minimum Gasteiger partial charge on any atom is -0.324 e. The van der Waals surface area contributed by atoms with Gasteiger partial charge in [-0.15, -0.1) is 0 Å². The second-order valence-electron chi connectivity index (χ2n) is 7.10. The number of carbonyl (C=O) groups excluding carboxylic acids is 1. The van der Waals surface area contributed by atoms with Gasteiger partial charge in [-0.1, -0.05) is 12.1 Å². The molecule has 3 aromatic rings. The number of imidazole rings is 1. The van der Waals surface area contributed by atoms with Gasteiger partial charge in [0.05, 0.1) is 22.7 Å². The van der Waals surface area contributed by atoms with Crippen molar-refractivity contribution in [2.45, 2.75) is 18.9 Å². The number of H-pyrrole nitrogens is 1. The van der Waals surface area contributed by atoms with Gasteiger partial charge in [0, 0.05) is 11.7 Å². The summed E-state index contributed by atoms with van der Waals surface area (Å²) < 4.78 is 0. The van der Waals surface area contributed by atoms with E-state index in [9.17, 15) is 4.79 Å². The molecule has 0 saturated carbocycles. The Morgan fingerprint density at radius 2 is 1.93 bits per heavy atom. The van der Waals surface area contributed by atoms with Crippen molar-refractivity contribution in [2.24, 2.45) is 0 Å². The Kier molecular flexibility index (Phi) is 4.96. The molecule has 2 heterocycles. The largest absolute Gasteiger partial charge is 0.328 e. The van der Waals surface area contributed by atoms with Crippen molar-refractivity contribution in [3.8, 4) is 6.07 Å². The van der Waals surface area contributed by atoms with Gasteiger partial charge in [0.15, 0.2) is 0 Å². The van der Waals surface area contributed by atoms with E-state index < -0.39 is 0 Å². The number of carbonyl (C=O) groups is 1. The number of hydrogen-bond acceptors (Lipinski definition) is 4. The highest BCUT2D eigenvalue weighted by Gasteiger charge is 2.29. The lowest BCUT2D eigenvalue weighted by molar-refractivity contribution is 0.234. The third kappa shape index (κ3) is 3.68. The number of amides is 2. The average Bonchev–Trinajstić information content (AvgIpc) is 3.12. The van der Waals surface area contributed by atoms with Crippen LogP contribution >= 0.6 is 0 Å². The lowest BCUT2D eigenvalue weighted by atomic mass is 10.0. The Bertz CT molecular complexity index is 978. The van der Waals surface area contributed by atoms with Crippen molar-refractivity contribution in [3.05, 3.63) is 54.1 Å². The smallest absolute Gasteiger partial charge is 0.324 e. The van der Waals surface area contributed by atoms with Gasteiger partial charge in [-0.05, 0) is 69.4 Å². The van der Waals surface area contributed by atoms with E-state index in [1.54, 1.807) is 17.0 Å². The molecule has 1 aliphatic rings. The number of urea groups is 1. The number of hydrogen-bond donors (Lipinski definition) is 2. The molecule has 4 rings (SSSR count). The first kappa shape index (κ1) is 18.0. The predicted molar refractivity (Wildman–Crippen MR) is 109 cm³/mol. The monoisotopic (exact) mass is 374 g/mol. The molecule has 0 bridgehead atoms. The van der Waals surface area contributed by atoms with Crippen molar-refractivity contribution >= 4 is 28.7 Å². The first-order chi connectivity index (χ1) is 13.6. The highest BCUT2D eigenvalue weighted by Crippen LogP contribution is 2.25. The van der Waals surface area contributed by atoms with Crippen LogP contribution in [-0.4, -0.2) is 47.1 Å². The molecular formula is C21H22N6O. The maximum atomic E-state index is 13.2. The summed E-state index contributed by atoms with van der Waals surface area (Å²) >= 11 is 0. The number of nitrogens with zero attached hydrogens (tertiary/aromatic N) is 4. The standard InChI is InChI=1S/C21H22N6O/c1-26-12-10-17(11-13-26)27(16-8-6-15(14-22)7-9-16)21(28)25-20-23-18-4-2-3-5-19(18)24-20/h2-9,17H,10-13H2,1H3,(H2,23,24,25,28). The summed E-state index contributed by atoms with van der Waals surface area (Å²) in [5.74, 6) is 0.428. The van der Waals surface area contributed by atoms with Gasteiger partial charge >= 0.3 is 6.03 Å². The molecule has 1 aromatic heterocycles. The summed E-state index contributed by atoms with van der Waals surface area (Å²) in [5.41, 5.74) is 3.04. The van der Waals surface area contributed by atoms with Crippen LogP contribution in [0.1, 0.15) is 18.4 Å². The fourth-order valence-corrected chi connectivity index (χ4v) is 3.62. The molecule has 28 heavy (non-hydrogen) atoms. The number of nitriles is 1. The van der Waals surface area contributed by atoms with E-state index in [1.165, 1.54) is 0 Å². The van der Waals surface area contributed by atoms with Crippen molar-refractivity contribution in [2.75, 3.05) is 30.4 Å². The number of fused-ring (bicyclic) bond motifs is 1. The summed E-state index contributed by atoms with van der Waals surface area (Å²) in [5, 5.41) is 12.0. The Balaban J connectivity index is 1.61. The lowest BCUT2D eigenvalue weighted by Crippen LogP contribution is -2.48. The van der Waals surface area contributed by atoms with Crippen LogP contribution in [0.25, 0.3) is 11.0 Å². The number of rotatable bonds is 3. The molecule has 2 N–H and O–H groups in total. The molecule has 1 saturated heterocycles. The fraction of sp³-hybridized carbons (Fsp3) is 0.286. The highest BCUT2D eigenvalue weighted by atomic mass is 16.2. The summed E-state index contributed by atoms with van der Waals surface area (Å²) in [6.45, 7) is 1.88. The summed E-state index contributed by atoms with van der Waals surface area (Å²) in [6.07, 6.45) is 1.79. The number of benzene rings is 2. The van der Waals surface area contributed by atoms with Gasteiger partial charge in [-0.2, -0.15) is 5.26 Å². The number of nitrogens with one attached hydrogen (secondary N) is 2. The third-order valence-electron chi connectivity index (χ3n) is 5.16. The zero-order valence-corrected chi connectivity index (χ0v) is 15.7. The van der Waals surface area contributed by atoms with Gasteiger partial charge in [0.25, 0.3) is 0 Å². The van der Waals surface area contributed by atoms with Gasteiger partial charge in [-0.25, -0.2) is 9.78 Å². The van der Waals surface area contributed by atoms with Gasteiger partial charge in [-0.3, -0.25) is 10.2 Å². The van der Waals surface area contributed by atoms with E-state index in [4.69, 9.17) is 5.26 Å². The number of anilines is 2. The van der Waals surface area contributed by atoms with Crippen LogP contribution in [0.4, 0.5) is 16.4 Å². The molecule has 1 aliphatic heterocycles. The van der Waals surface area contributed by atoms with Crippen molar-refractivity contribution in [3.63, 3.8) is 0 Å². The fourth-order valence-electron chi connectivity index (χ4n) is 3.62.